The van der Waals surface area contributed by atoms with Gasteiger partial charge in [-0.1, -0.05) is 6.07 Å². The van der Waals surface area contributed by atoms with Gasteiger partial charge in [0.15, 0.2) is 9.84 Å². The van der Waals surface area contributed by atoms with Crippen molar-refractivity contribution in [1.29, 1.82) is 0 Å². The van der Waals surface area contributed by atoms with Gasteiger partial charge in [-0.25, -0.2) is 8.42 Å². The van der Waals surface area contributed by atoms with Gasteiger partial charge in [-0.2, -0.15) is 0 Å². The molecule has 0 aliphatic heterocycles. The highest BCUT2D eigenvalue weighted by molar-refractivity contribution is 7.92. The van der Waals surface area contributed by atoms with E-state index in [9.17, 15) is 13.2 Å². The van der Waals surface area contributed by atoms with Crippen molar-refractivity contribution < 1.29 is 13.2 Å². The number of benzene rings is 1. The summed E-state index contributed by atoms with van der Waals surface area (Å²) in [7, 11) is 0.00498. The Hall–Kier alpha value is -1.56. The first kappa shape index (κ1) is 13.5. The maximum Gasteiger partial charge on any atom is 0.233 e. The molecule has 0 unspecified atom stereocenters. The molecule has 1 amide bonds. The fourth-order valence-electron chi connectivity index (χ4n) is 1.69. The number of rotatable bonds is 4. The summed E-state index contributed by atoms with van der Waals surface area (Å²) in [6, 6.07) is 4.95. The molecule has 0 bridgehead atoms. The van der Waals surface area contributed by atoms with E-state index < -0.39 is 21.5 Å². The first-order valence-corrected chi connectivity index (χ1v) is 6.69. The summed E-state index contributed by atoms with van der Waals surface area (Å²) in [5.74, 6) is -1.51. The molecule has 1 aromatic rings. The number of amides is 1. The van der Waals surface area contributed by atoms with Crippen molar-refractivity contribution in [2.24, 2.45) is 5.73 Å². The van der Waals surface area contributed by atoms with Gasteiger partial charge in [-0.15, -0.1) is 0 Å². The number of anilines is 1. The number of sulfone groups is 1. The van der Waals surface area contributed by atoms with Crippen molar-refractivity contribution in [3.63, 3.8) is 0 Å². The number of hydrogen-bond donors (Lipinski definition) is 1. The van der Waals surface area contributed by atoms with Crippen LogP contribution in [0.3, 0.4) is 0 Å². The third-order valence-electron chi connectivity index (χ3n) is 2.40. The van der Waals surface area contributed by atoms with Crippen molar-refractivity contribution in [3.8, 4) is 0 Å². The van der Waals surface area contributed by atoms with Gasteiger partial charge in [0, 0.05) is 19.8 Å². The van der Waals surface area contributed by atoms with Gasteiger partial charge in [0.25, 0.3) is 0 Å². The second-order valence-electron chi connectivity index (χ2n) is 4.02. The molecule has 0 fully saturated rings. The summed E-state index contributed by atoms with van der Waals surface area (Å²) < 4.78 is 23.8. The number of nitrogens with zero attached hydrogens (tertiary/aromatic N) is 1. The molecule has 0 spiro atoms. The lowest BCUT2D eigenvalue weighted by atomic mass is 10.2. The van der Waals surface area contributed by atoms with Crippen LogP contribution in [0.1, 0.15) is 5.56 Å². The highest BCUT2D eigenvalue weighted by atomic mass is 32.2. The van der Waals surface area contributed by atoms with E-state index >= 15 is 0 Å². The van der Waals surface area contributed by atoms with Crippen LogP contribution in [0, 0.1) is 6.92 Å². The zero-order chi connectivity index (χ0) is 13.2. The Morgan fingerprint density at radius 3 is 2.41 bits per heavy atom. The summed E-state index contributed by atoms with van der Waals surface area (Å²) >= 11 is 0. The SMILES string of the molecule is Cc1c(N(C)C)cccc1S(=O)(=O)CC(N)=O. The standard InChI is InChI=1S/C11H16N2O3S/c1-8-9(13(2)3)5-4-6-10(8)17(15,16)7-11(12)14/h4-6H,7H2,1-3H3,(H2,12,14). The van der Waals surface area contributed by atoms with Gasteiger partial charge >= 0.3 is 0 Å². The Morgan fingerprint density at radius 1 is 1.35 bits per heavy atom. The Morgan fingerprint density at radius 2 is 1.94 bits per heavy atom. The molecule has 1 rings (SSSR count). The summed E-state index contributed by atoms with van der Waals surface area (Å²) in [6.07, 6.45) is 0. The second-order valence-corrected chi connectivity index (χ2v) is 5.98. The van der Waals surface area contributed by atoms with Crippen molar-refractivity contribution in [2.45, 2.75) is 11.8 Å². The molecule has 5 nitrogen and oxygen atoms in total. The van der Waals surface area contributed by atoms with E-state index in [4.69, 9.17) is 5.73 Å². The summed E-state index contributed by atoms with van der Waals surface area (Å²) in [5, 5.41) is 0. The minimum absolute atomic E-state index is 0.155. The molecule has 0 aliphatic rings. The average Bonchev–Trinajstić information content (AvgIpc) is 2.14. The third kappa shape index (κ3) is 2.97. The minimum Gasteiger partial charge on any atom is -0.377 e. The van der Waals surface area contributed by atoms with Crippen molar-refractivity contribution in [2.75, 3.05) is 24.7 Å². The minimum atomic E-state index is -3.65. The molecule has 0 atom stereocenters. The van der Waals surface area contributed by atoms with Crippen LogP contribution in [-0.4, -0.2) is 34.2 Å². The maximum atomic E-state index is 11.9. The molecule has 17 heavy (non-hydrogen) atoms. The van der Waals surface area contributed by atoms with Gasteiger partial charge in [-0.3, -0.25) is 4.79 Å². The predicted molar refractivity (Wildman–Crippen MR) is 66.8 cm³/mol. The fraction of sp³-hybridized carbons (Fsp3) is 0.364. The maximum absolute atomic E-state index is 11.9. The van der Waals surface area contributed by atoms with Gasteiger partial charge in [0.2, 0.25) is 5.91 Å². The highest BCUT2D eigenvalue weighted by Gasteiger charge is 2.21. The third-order valence-corrected chi connectivity index (χ3v) is 4.18. The van der Waals surface area contributed by atoms with E-state index in [1.54, 1.807) is 13.0 Å². The lowest BCUT2D eigenvalue weighted by Gasteiger charge is -2.17. The number of primary amides is 1. The van der Waals surface area contributed by atoms with Crippen LogP contribution >= 0.6 is 0 Å². The normalized spacial score (nSPS) is 11.2. The van der Waals surface area contributed by atoms with E-state index in [0.717, 1.165) is 5.69 Å². The van der Waals surface area contributed by atoms with E-state index in [1.807, 2.05) is 25.1 Å². The van der Waals surface area contributed by atoms with E-state index in [1.165, 1.54) is 6.07 Å². The van der Waals surface area contributed by atoms with Gasteiger partial charge in [0.05, 0.1) is 4.90 Å². The Balaban J connectivity index is 3.33. The molecule has 0 radical (unpaired) electrons. The molecule has 0 heterocycles. The lowest BCUT2D eigenvalue weighted by molar-refractivity contribution is -0.115. The van der Waals surface area contributed by atoms with Crippen LogP contribution < -0.4 is 10.6 Å². The number of carbonyl (C=O) groups is 1. The predicted octanol–water partition coefficient (Wildman–Crippen LogP) is 0.320. The van der Waals surface area contributed by atoms with Crippen LogP contribution in [0.5, 0.6) is 0 Å². The van der Waals surface area contributed by atoms with Crippen LogP contribution in [0.4, 0.5) is 5.69 Å². The monoisotopic (exact) mass is 256 g/mol. The molecule has 0 aromatic heterocycles. The quantitative estimate of drug-likeness (QED) is 0.841. The van der Waals surface area contributed by atoms with Crippen molar-refractivity contribution >= 4 is 21.4 Å². The highest BCUT2D eigenvalue weighted by Crippen LogP contribution is 2.25. The molecular weight excluding hydrogens is 240 g/mol. The topological polar surface area (TPSA) is 80.5 Å². The van der Waals surface area contributed by atoms with E-state index in [2.05, 4.69) is 0 Å². The summed E-state index contributed by atoms with van der Waals surface area (Å²) in [5.41, 5.74) is 6.36. The largest absolute Gasteiger partial charge is 0.377 e. The summed E-state index contributed by atoms with van der Waals surface area (Å²) in [4.78, 5) is 12.7. The first-order valence-electron chi connectivity index (χ1n) is 5.03. The van der Waals surface area contributed by atoms with Crippen LogP contribution in [0.25, 0.3) is 0 Å². The van der Waals surface area contributed by atoms with E-state index in [-0.39, 0.29) is 4.90 Å². The van der Waals surface area contributed by atoms with E-state index in [0.29, 0.717) is 5.56 Å². The van der Waals surface area contributed by atoms with Crippen LogP contribution in [-0.2, 0) is 14.6 Å². The van der Waals surface area contributed by atoms with Crippen molar-refractivity contribution in [3.05, 3.63) is 23.8 Å². The average molecular weight is 256 g/mol. The number of hydrogen-bond acceptors (Lipinski definition) is 4. The molecular formula is C11H16N2O3S. The molecule has 6 heteroatoms. The van der Waals surface area contributed by atoms with Crippen LogP contribution in [0.15, 0.2) is 23.1 Å². The Bertz CT molecular complexity index is 536. The molecule has 0 saturated heterocycles. The van der Waals surface area contributed by atoms with Crippen molar-refractivity contribution in [1.82, 2.24) is 0 Å². The summed E-state index contributed by atoms with van der Waals surface area (Å²) in [6.45, 7) is 1.71. The zero-order valence-corrected chi connectivity index (χ0v) is 10.9. The number of carbonyl (C=O) groups excluding carboxylic acids is 1. The second kappa shape index (κ2) is 4.75. The first-order chi connectivity index (χ1) is 7.75. The lowest BCUT2D eigenvalue weighted by Crippen LogP contribution is -2.24. The van der Waals surface area contributed by atoms with Gasteiger partial charge in [0.1, 0.15) is 5.75 Å². The Kier molecular flexibility index (Phi) is 3.77. The number of nitrogens with two attached hydrogens (primary N) is 1. The van der Waals surface area contributed by atoms with Crippen LogP contribution in [0.2, 0.25) is 0 Å². The Labute approximate surface area is 101 Å². The van der Waals surface area contributed by atoms with Gasteiger partial charge in [-0.05, 0) is 24.6 Å². The smallest absolute Gasteiger partial charge is 0.233 e. The molecule has 0 aliphatic carbocycles. The molecule has 0 saturated carbocycles. The van der Waals surface area contributed by atoms with Gasteiger partial charge < -0.3 is 10.6 Å². The molecule has 2 N–H and O–H groups in total. The molecule has 1 aromatic carbocycles. The fourth-order valence-corrected chi connectivity index (χ4v) is 3.08. The zero-order valence-electron chi connectivity index (χ0n) is 10.1. The molecule has 94 valence electrons.